The number of carboxylic acid groups (broad SMARTS) is 10. The average molecular weight is 1470 g/mol. The highest BCUT2D eigenvalue weighted by Crippen LogP contribution is 2.20. The van der Waals surface area contributed by atoms with Crippen molar-refractivity contribution in [2.24, 2.45) is 11.7 Å². The lowest BCUT2D eigenvalue weighted by Gasteiger charge is -2.32. The zero-order valence-corrected chi connectivity index (χ0v) is 57.1. The maximum atomic E-state index is 14.1. The number of urea groups is 1. The lowest BCUT2D eigenvalue weighted by atomic mass is 9.91. The van der Waals surface area contributed by atoms with Crippen molar-refractivity contribution < 1.29 is 128 Å². The molecule has 0 spiro atoms. The largest absolute Gasteiger partial charge is 0.481 e. The van der Waals surface area contributed by atoms with Crippen molar-refractivity contribution in [2.75, 3.05) is 118 Å². The lowest BCUT2D eigenvalue weighted by molar-refractivity contribution is -0.150. The zero-order chi connectivity index (χ0) is 76.7. The number of aliphatic carboxylic acids is 10. The molecule has 2 aromatic heterocycles. The molecule has 2 aromatic rings. The number of nitrogens with two attached hydrogens (primary N) is 1. The van der Waals surface area contributed by atoms with Gasteiger partial charge in [-0.05, 0) is 57.9 Å². The van der Waals surface area contributed by atoms with Gasteiger partial charge in [-0.2, -0.15) is 0 Å². The Bertz CT molecular complexity index is 3060. The number of imidazole rings is 2. The van der Waals surface area contributed by atoms with Crippen LogP contribution in [0.2, 0.25) is 0 Å². The quantitative estimate of drug-likeness (QED) is 0.0286. The van der Waals surface area contributed by atoms with Crippen LogP contribution >= 0.6 is 0 Å². The second kappa shape index (κ2) is 46.4. The molecule has 0 aliphatic carbocycles. The van der Waals surface area contributed by atoms with Gasteiger partial charge in [-0.15, -0.1) is 0 Å². The first-order valence-corrected chi connectivity index (χ1v) is 33.2. The number of aromatic nitrogens is 4. The van der Waals surface area contributed by atoms with Crippen molar-refractivity contribution >= 4 is 95.0 Å². The third-order valence-corrected chi connectivity index (χ3v) is 16.4. The molecule has 0 saturated carbocycles. The number of rotatable bonds is 51. The Morgan fingerprint density at radius 1 is 0.447 bits per heavy atom. The van der Waals surface area contributed by atoms with Crippen LogP contribution in [0.5, 0.6) is 0 Å². The molecule has 0 bridgehead atoms. The van der Waals surface area contributed by atoms with Crippen LogP contribution in [0, 0.1) is 5.92 Å². The van der Waals surface area contributed by atoms with Crippen molar-refractivity contribution in [3.05, 3.63) is 36.4 Å². The maximum Gasteiger partial charge on any atom is 0.326 e. The molecule has 3 rings (SSSR count). The average Bonchev–Trinajstić information content (AvgIpc) is 1.73. The molecule has 4 atom stereocenters. The summed E-state index contributed by atoms with van der Waals surface area (Å²) in [6, 6.07) is -5.45. The second-order valence-electron chi connectivity index (χ2n) is 24.7. The fourth-order valence-electron chi connectivity index (χ4n) is 11.0. The molecule has 3 heterocycles. The van der Waals surface area contributed by atoms with Crippen LogP contribution in [0.15, 0.2) is 24.8 Å². The summed E-state index contributed by atoms with van der Waals surface area (Å²) >= 11 is 0. The SMILES string of the molecule is NC(CCCCCC(=O)CN1CCN(CC(=O)O)CCN(CC(=O)O)CCN(CC(=O)O)CC1)C(=O)C[C@H](CCCCN(Cc1nccn1CC(=O)N(CC(=O)O)CC(=O)O)Cc1nccn1CC(=O)N(CC(=O)O)CC(=O)O)C(=O)NCCCC[C@H](NC(=O)N[C@@H](CCC(=O)O)C(=O)O)C(=O)O. The van der Waals surface area contributed by atoms with E-state index in [2.05, 4.69) is 20.6 Å². The van der Waals surface area contributed by atoms with Gasteiger partial charge in [0.1, 0.15) is 74.6 Å². The monoisotopic (exact) mass is 1470 g/mol. The molecule has 0 radical (unpaired) electrons. The molecule has 1 aliphatic heterocycles. The summed E-state index contributed by atoms with van der Waals surface area (Å²) in [7, 11) is 0. The highest BCUT2D eigenvalue weighted by molar-refractivity contribution is 5.90. The molecule has 41 nitrogen and oxygen atoms in total. The first kappa shape index (κ1) is 87.1. The van der Waals surface area contributed by atoms with E-state index in [1.54, 1.807) is 19.6 Å². The maximum absolute atomic E-state index is 14.1. The van der Waals surface area contributed by atoms with E-state index < -0.39 is 165 Å². The minimum atomic E-state index is -1.65. The number of hydrogen-bond donors (Lipinski definition) is 14. The standard InChI is InChI=1S/C62H95N15O26/c63-43(10-3-1-2-9-42(78)29-69-20-22-70(34-52(84)85)24-26-72(36-54(88)89)27-25-71(23-21-69)35-53(86)87)46(79)28-41(59(98)66-14-6-4-11-44(60(99)100)67-62(103)68-45(61(101)102)12-13-51(82)83)8-5-7-17-73(30-47-64-15-18-74(47)32-49(80)76(37-55(90)91)38-56(92)93)31-48-65-16-19-75(48)33-50(81)77(39-57(94)95)40-58(96)97/h15-16,18-19,41,43-45H,1-14,17,20-40,63H2,(H,66,98)(H,82,83)(H,84,85)(H,86,87)(H,88,89)(H,90,91)(H,92,93)(H,94,95)(H,96,97)(H,99,100)(H,101,102)(H2,67,68,103)/t41-,43?,44-,45-/m0/s1. The van der Waals surface area contributed by atoms with E-state index in [-0.39, 0.29) is 180 Å². The smallest absolute Gasteiger partial charge is 0.326 e. The first-order chi connectivity index (χ1) is 48.7. The van der Waals surface area contributed by atoms with Crippen LogP contribution in [0.1, 0.15) is 102 Å². The van der Waals surface area contributed by atoms with E-state index in [1.165, 1.54) is 33.9 Å². The molecule has 1 fully saturated rings. The van der Waals surface area contributed by atoms with Gasteiger partial charge in [0.2, 0.25) is 17.7 Å². The molecule has 574 valence electrons. The van der Waals surface area contributed by atoms with Crippen LogP contribution in [0.4, 0.5) is 4.79 Å². The number of amides is 5. The molecule has 5 amide bonds. The number of hydrogen-bond acceptors (Lipinski definition) is 24. The summed E-state index contributed by atoms with van der Waals surface area (Å²) in [4.78, 5) is 215. The Morgan fingerprint density at radius 3 is 1.26 bits per heavy atom. The Kier molecular flexibility index (Phi) is 39.3. The van der Waals surface area contributed by atoms with Crippen molar-refractivity contribution in [3.8, 4) is 0 Å². The van der Waals surface area contributed by atoms with Crippen LogP contribution in [0.3, 0.4) is 0 Å². The van der Waals surface area contributed by atoms with E-state index in [0.29, 0.717) is 29.1 Å². The minimum absolute atomic E-state index is 0.0378. The summed E-state index contributed by atoms with van der Waals surface area (Å²) in [5, 5.41) is 101. The molecule has 1 saturated heterocycles. The van der Waals surface area contributed by atoms with Gasteiger partial charge in [0, 0.05) is 109 Å². The first-order valence-electron chi connectivity index (χ1n) is 33.2. The molecule has 41 heteroatoms. The summed E-state index contributed by atoms with van der Waals surface area (Å²) < 4.78 is 2.69. The van der Waals surface area contributed by atoms with Gasteiger partial charge in [-0.25, -0.2) is 24.4 Å². The van der Waals surface area contributed by atoms with E-state index in [1.807, 2.05) is 10.2 Å². The highest BCUT2D eigenvalue weighted by atomic mass is 16.4. The topological polar surface area (TPSA) is 596 Å². The molecule has 1 aliphatic rings. The lowest BCUT2D eigenvalue weighted by Crippen LogP contribution is -2.51. The predicted octanol–water partition coefficient (Wildman–Crippen LogP) is -3.50. The number of unbranched alkanes of at least 4 members (excludes halogenated alkanes) is 4. The fraction of sp³-hybridized carbons (Fsp3) is 0.645. The van der Waals surface area contributed by atoms with Gasteiger partial charge >= 0.3 is 65.7 Å². The third-order valence-electron chi connectivity index (χ3n) is 16.4. The van der Waals surface area contributed by atoms with Crippen LogP contribution < -0.4 is 21.7 Å². The van der Waals surface area contributed by atoms with E-state index in [9.17, 15) is 123 Å². The van der Waals surface area contributed by atoms with Gasteiger partial charge in [-0.3, -0.25) is 86.8 Å². The number of carbonyl (C=O) groups is 16. The summed E-state index contributed by atoms with van der Waals surface area (Å²) in [5.74, 6) is -17.2. The normalized spacial score (nSPS) is 14.7. The summed E-state index contributed by atoms with van der Waals surface area (Å²) in [5.41, 5.74) is 6.46. The second-order valence-corrected chi connectivity index (χ2v) is 24.7. The molecular weight excluding hydrogens is 1370 g/mol. The van der Waals surface area contributed by atoms with Gasteiger partial charge in [0.05, 0.1) is 45.3 Å². The van der Waals surface area contributed by atoms with Crippen molar-refractivity contribution in [1.82, 2.24) is 69.4 Å². The van der Waals surface area contributed by atoms with E-state index in [0.717, 1.165) is 0 Å². The molecule has 103 heavy (non-hydrogen) atoms. The van der Waals surface area contributed by atoms with E-state index in [4.69, 9.17) is 10.8 Å². The van der Waals surface area contributed by atoms with Gasteiger partial charge < -0.3 is 91.7 Å². The van der Waals surface area contributed by atoms with Gasteiger partial charge in [-0.1, -0.05) is 19.3 Å². The zero-order valence-electron chi connectivity index (χ0n) is 57.1. The number of carbonyl (C=O) groups excluding carboxylic acids is 6. The number of nitrogens with zero attached hydrogens (tertiary/aromatic N) is 11. The minimum Gasteiger partial charge on any atom is -0.481 e. The molecule has 15 N–H and O–H groups in total. The predicted molar refractivity (Wildman–Crippen MR) is 352 cm³/mol. The Balaban J connectivity index is 1.83. The third kappa shape index (κ3) is 36.9. The summed E-state index contributed by atoms with van der Waals surface area (Å²) in [6.45, 7) is -4.35. The van der Waals surface area contributed by atoms with Crippen LogP contribution in [0.25, 0.3) is 0 Å². The van der Waals surface area contributed by atoms with Crippen molar-refractivity contribution in [2.45, 2.75) is 134 Å². The van der Waals surface area contributed by atoms with Crippen molar-refractivity contribution in [1.29, 1.82) is 0 Å². The van der Waals surface area contributed by atoms with Crippen LogP contribution in [-0.4, -0.2) is 335 Å². The van der Waals surface area contributed by atoms with Crippen molar-refractivity contribution in [3.63, 3.8) is 0 Å². The number of Topliss-reactive ketones (excluding diaryl/α,β-unsaturated/α-hetero) is 2. The molecule has 0 aromatic carbocycles. The summed E-state index contributed by atoms with van der Waals surface area (Å²) in [6.07, 6.45) is 6.00. The Morgan fingerprint density at radius 2 is 0.854 bits per heavy atom. The van der Waals surface area contributed by atoms with Gasteiger partial charge in [0.15, 0.2) is 0 Å². The number of carboxylic acids is 10. The Hall–Kier alpha value is -10.1. The number of nitrogens with one attached hydrogen (secondary N) is 3. The van der Waals surface area contributed by atoms with Crippen LogP contribution in [-0.2, 0) is 98.1 Å². The number of ketones is 2. The molecular formula is C62H95N15O26. The van der Waals surface area contributed by atoms with Gasteiger partial charge in [0.25, 0.3) is 0 Å². The fourth-order valence-corrected chi connectivity index (χ4v) is 11.0. The van der Waals surface area contributed by atoms with E-state index >= 15 is 0 Å². The highest BCUT2D eigenvalue weighted by Gasteiger charge is 2.30. The molecule has 1 unspecified atom stereocenters. The Labute approximate surface area is 590 Å².